The average Bonchev–Trinajstić information content (AvgIpc) is 3.56. The molecule has 0 aliphatic rings. The van der Waals surface area contributed by atoms with Gasteiger partial charge in [-0.15, -0.1) is 0 Å². The zero-order chi connectivity index (χ0) is 43.4. The van der Waals surface area contributed by atoms with Gasteiger partial charge in [-0.05, 0) is 74.5 Å². The van der Waals surface area contributed by atoms with Gasteiger partial charge in [0.1, 0.15) is 16.8 Å². The fourth-order valence-corrected chi connectivity index (χ4v) is 14.8. The van der Waals surface area contributed by atoms with E-state index < -0.39 is 21.5 Å². The zero-order valence-corrected chi connectivity index (χ0v) is 37.5. The van der Waals surface area contributed by atoms with E-state index >= 15 is 0 Å². The van der Waals surface area contributed by atoms with Crippen LogP contribution in [0.2, 0.25) is 0 Å². The van der Waals surface area contributed by atoms with Crippen LogP contribution in [0.1, 0.15) is 33.6 Å². The predicted octanol–water partition coefficient (Wildman–Crippen LogP) is 16.0. The summed E-state index contributed by atoms with van der Waals surface area (Å²) in [5, 5.41) is 9.21. The van der Waals surface area contributed by atoms with Gasteiger partial charge in [-0.25, -0.2) is 0 Å². The van der Waals surface area contributed by atoms with Crippen LogP contribution in [0.3, 0.4) is 0 Å². The molecular formula is C60H46O3P2. The highest BCUT2D eigenvalue weighted by Gasteiger charge is 2.43. The molecule has 2 atom stereocenters. The maximum Gasteiger partial charge on any atom is 0.223 e. The van der Waals surface area contributed by atoms with E-state index in [1.807, 2.05) is 0 Å². The van der Waals surface area contributed by atoms with Crippen molar-refractivity contribution >= 4 is 70.0 Å². The number of benzene rings is 10. The standard InChI is InChI=1S/C60H46O3P2/c1-7-25-46(26-8-1)59(64(50-33-15-5-16-34-50)51-35-17-6-18-36-51)56(43-61-60(47-27-9-2-10-28-47,48-29-11-3-12-30-48)49-31-13-4-14-32-49)65-62-54-41-39-44-23-19-21-37-52(44)57(54)58-53-38-22-20-24-45(53)40-42-55(58)63-65/h1-42,56,59H,43H2/t56-,59+/m0/s1. The fourth-order valence-electron chi connectivity index (χ4n) is 9.61. The first kappa shape index (κ1) is 40.8. The number of ether oxygens (including phenoxy) is 1. The molecule has 0 bridgehead atoms. The smallest absolute Gasteiger partial charge is 0.223 e. The molecule has 0 unspecified atom stereocenters. The van der Waals surface area contributed by atoms with Gasteiger partial charge in [-0.3, -0.25) is 0 Å². The molecule has 0 aliphatic carbocycles. The molecular weight excluding hydrogens is 831 g/mol. The van der Waals surface area contributed by atoms with Crippen LogP contribution in [0.4, 0.5) is 0 Å². The second-order valence-corrected chi connectivity index (χ2v) is 20.3. The van der Waals surface area contributed by atoms with Crippen LogP contribution in [-0.2, 0) is 10.3 Å². The Morgan fingerprint density at radius 2 is 0.769 bits per heavy atom. The monoisotopic (exact) mass is 876 g/mol. The van der Waals surface area contributed by atoms with Crippen LogP contribution < -0.4 is 10.6 Å². The average molecular weight is 877 g/mol. The summed E-state index contributed by atoms with van der Waals surface area (Å²) < 4.78 is 23.2. The van der Waals surface area contributed by atoms with Gasteiger partial charge in [0, 0.05) is 16.4 Å². The lowest BCUT2D eigenvalue weighted by molar-refractivity contribution is 0.00827. The summed E-state index contributed by atoms with van der Waals surface area (Å²) in [6.45, 7) is 0.300. The quantitative estimate of drug-likeness (QED) is 0.0906. The van der Waals surface area contributed by atoms with Crippen LogP contribution in [0.25, 0.3) is 43.5 Å². The van der Waals surface area contributed by atoms with E-state index in [2.05, 4.69) is 255 Å². The van der Waals surface area contributed by atoms with Gasteiger partial charge in [-0.2, -0.15) is 0 Å². The highest BCUT2D eigenvalue weighted by Crippen LogP contribution is 2.63. The number of hydrogen-bond donors (Lipinski definition) is 0. The summed E-state index contributed by atoms with van der Waals surface area (Å²) in [5.41, 5.74) is 4.56. The van der Waals surface area contributed by atoms with Crippen molar-refractivity contribution in [3.05, 3.63) is 277 Å². The molecule has 0 amide bonds. The van der Waals surface area contributed by atoms with Crippen molar-refractivity contribution in [2.75, 3.05) is 6.61 Å². The van der Waals surface area contributed by atoms with Crippen molar-refractivity contribution in [3.8, 4) is 0 Å². The summed E-state index contributed by atoms with van der Waals surface area (Å²) in [6, 6.07) is 91.0. The molecule has 5 heteroatoms. The van der Waals surface area contributed by atoms with Gasteiger partial charge in [0.05, 0.1) is 12.3 Å². The predicted molar refractivity (Wildman–Crippen MR) is 274 cm³/mol. The van der Waals surface area contributed by atoms with Gasteiger partial charge in [0.25, 0.3) is 0 Å². The lowest BCUT2D eigenvalue weighted by Gasteiger charge is -2.39. The Morgan fingerprint density at radius 1 is 0.400 bits per heavy atom. The van der Waals surface area contributed by atoms with Crippen LogP contribution in [0.5, 0.6) is 0 Å². The minimum absolute atomic E-state index is 0.118. The lowest BCUT2D eigenvalue weighted by Crippen LogP contribution is -2.35. The van der Waals surface area contributed by atoms with Crippen molar-refractivity contribution in [2.24, 2.45) is 0 Å². The van der Waals surface area contributed by atoms with Crippen molar-refractivity contribution in [1.29, 1.82) is 0 Å². The molecule has 0 fully saturated rings. The Hall–Kier alpha value is -6.99. The van der Waals surface area contributed by atoms with E-state index in [1.54, 1.807) is 0 Å². The van der Waals surface area contributed by atoms with Gasteiger partial charge in [0.2, 0.25) is 8.01 Å². The van der Waals surface area contributed by atoms with E-state index in [1.165, 1.54) is 16.2 Å². The van der Waals surface area contributed by atoms with Gasteiger partial charge in [0.15, 0.2) is 0 Å². The van der Waals surface area contributed by atoms with Crippen LogP contribution in [-0.4, -0.2) is 6.61 Å². The Balaban J connectivity index is 1.24. The second kappa shape index (κ2) is 18.2. The number of rotatable bonds is 12. The Kier molecular flexibility index (Phi) is 11.4. The van der Waals surface area contributed by atoms with Crippen LogP contribution in [0, 0.1) is 0 Å². The summed E-state index contributed by atoms with van der Waals surface area (Å²) in [4.78, 5) is 0. The summed E-state index contributed by atoms with van der Waals surface area (Å²) >= 11 is 0. The molecule has 0 radical (unpaired) electrons. The Bertz CT molecular complexity index is 3150. The molecule has 0 saturated heterocycles. The van der Waals surface area contributed by atoms with Gasteiger partial charge < -0.3 is 13.1 Å². The minimum Gasteiger partial charge on any atom is -0.419 e. The highest BCUT2D eigenvalue weighted by atomic mass is 31.1. The molecule has 11 aromatic rings. The molecule has 1 aromatic heterocycles. The molecule has 0 aliphatic heterocycles. The van der Waals surface area contributed by atoms with Crippen molar-refractivity contribution in [2.45, 2.75) is 16.9 Å². The lowest BCUT2D eigenvalue weighted by atomic mass is 9.80. The number of hydrogen-bond acceptors (Lipinski definition) is 3. The number of fused-ring (bicyclic) bond motifs is 7. The molecule has 65 heavy (non-hydrogen) atoms. The SMILES string of the molecule is c1ccc([C@H]([C@H](COC(c2ccccc2)(c2ccccc2)c2ccccc2)p2oc3ccc4ccccc4c3c3c(ccc4ccccc43)o2)P(c2ccccc2)c2ccccc2)cc1. The Morgan fingerprint density at radius 3 is 1.20 bits per heavy atom. The third-order valence-electron chi connectivity index (χ3n) is 12.5. The molecule has 0 spiro atoms. The van der Waals surface area contributed by atoms with Crippen molar-refractivity contribution in [3.63, 3.8) is 0 Å². The molecule has 0 N–H and O–H groups in total. The fraction of sp³-hybridized carbons (Fsp3) is 0.0667. The molecule has 1 heterocycles. The van der Waals surface area contributed by atoms with E-state index in [9.17, 15) is 0 Å². The normalized spacial score (nSPS) is 12.8. The third-order valence-corrected chi connectivity index (χ3v) is 17.4. The maximum absolute atomic E-state index is 7.95. The zero-order valence-electron chi connectivity index (χ0n) is 35.7. The largest absolute Gasteiger partial charge is 0.419 e. The highest BCUT2D eigenvalue weighted by molar-refractivity contribution is 7.73. The molecule has 314 valence electrons. The first-order valence-corrected chi connectivity index (χ1v) is 24.9. The summed E-state index contributed by atoms with van der Waals surface area (Å²) in [5.74, 6) is 0. The summed E-state index contributed by atoms with van der Waals surface area (Å²) in [7, 11) is -2.88. The first-order valence-electron chi connectivity index (χ1n) is 22.2. The van der Waals surface area contributed by atoms with Crippen molar-refractivity contribution in [1.82, 2.24) is 0 Å². The van der Waals surface area contributed by atoms with E-state index in [0.717, 1.165) is 60.2 Å². The second-order valence-electron chi connectivity index (χ2n) is 16.3. The van der Waals surface area contributed by atoms with Gasteiger partial charge >= 0.3 is 0 Å². The van der Waals surface area contributed by atoms with Crippen LogP contribution in [0.15, 0.2) is 263 Å². The molecule has 3 nitrogen and oxygen atoms in total. The van der Waals surface area contributed by atoms with E-state index in [0.29, 0.717) is 6.61 Å². The third kappa shape index (κ3) is 7.77. The molecule has 0 saturated carbocycles. The Labute approximate surface area is 381 Å². The van der Waals surface area contributed by atoms with Gasteiger partial charge in [-0.1, -0.05) is 243 Å². The van der Waals surface area contributed by atoms with E-state index in [-0.39, 0.29) is 11.3 Å². The topological polar surface area (TPSA) is 35.5 Å². The molecule has 11 rings (SSSR count). The summed E-state index contributed by atoms with van der Waals surface area (Å²) in [6.07, 6.45) is 0. The van der Waals surface area contributed by atoms with E-state index in [4.69, 9.17) is 13.1 Å². The first-order chi connectivity index (χ1) is 32.3. The minimum atomic E-state index is -1.79. The van der Waals surface area contributed by atoms with Crippen LogP contribution >= 0.6 is 15.9 Å². The maximum atomic E-state index is 7.95. The van der Waals surface area contributed by atoms with Crippen molar-refractivity contribution < 1.29 is 13.1 Å². The molecule has 10 aromatic carbocycles.